The van der Waals surface area contributed by atoms with Gasteiger partial charge in [0.05, 0.1) is 4.99 Å². The summed E-state index contributed by atoms with van der Waals surface area (Å²) in [5.74, 6) is 0.528. The van der Waals surface area contributed by atoms with Gasteiger partial charge in [0.25, 0.3) is 0 Å². The van der Waals surface area contributed by atoms with Crippen LogP contribution in [0.4, 0.5) is 0 Å². The van der Waals surface area contributed by atoms with E-state index in [0.717, 1.165) is 5.70 Å². The summed E-state index contributed by atoms with van der Waals surface area (Å²) >= 11 is 4.76. The van der Waals surface area contributed by atoms with Crippen LogP contribution in [-0.4, -0.2) is 4.99 Å². The molecule has 0 amide bonds. The lowest BCUT2D eigenvalue weighted by Crippen LogP contribution is -2.18. The van der Waals surface area contributed by atoms with E-state index in [-0.39, 0.29) is 0 Å². The molecule has 0 heterocycles. The monoisotopic (exact) mass is 184 g/mol. The van der Waals surface area contributed by atoms with Gasteiger partial charge in [0.2, 0.25) is 0 Å². The van der Waals surface area contributed by atoms with Crippen molar-refractivity contribution in [1.82, 2.24) is 0 Å². The van der Waals surface area contributed by atoms with Gasteiger partial charge in [-0.3, -0.25) is 0 Å². The Balaban J connectivity index is 2.49. The Hall–Kier alpha value is -0.570. The van der Waals surface area contributed by atoms with Gasteiger partial charge >= 0.3 is 0 Å². The molecule has 0 aliphatic heterocycles. The Morgan fingerprint density at radius 2 is 1.75 bits per heavy atom. The molecule has 0 radical (unpaired) electrons. The fourth-order valence-electron chi connectivity index (χ4n) is 1.72. The van der Waals surface area contributed by atoms with Gasteiger partial charge in [-0.1, -0.05) is 31.5 Å². The fourth-order valence-corrected chi connectivity index (χ4v) is 1.85. The first-order valence-corrected chi connectivity index (χ1v) is 4.87. The molecule has 1 fully saturated rings. The lowest BCUT2D eigenvalue weighted by Gasteiger charge is -2.21. The smallest absolute Gasteiger partial charge is 0.0979 e. The summed E-state index contributed by atoms with van der Waals surface area (Å²) < 4.78 is 0. The summed E-state index contributed by atoms with van der Waals surface area (Å²) in [6, 6.07) is 0. The van der Waals surface area contributed by atoms with E-state index in [1.807, 2.05) is 0 Å². The molecule has 0 aromatic rings. The first kappa shape index (κ1) is 9.52. The van der Waals surface area contributed by atoms with E-state index in [0.29, 0.717) is 10.9 Å². The predicted octanol–water partition coefficient (Wildman–Crippen LogP) is 1.70. The van der Waals surface area contributed by atoms with Crippen molar-refractivity contribution in [3.8, 4) is 0 Å². The van der Waals surface area contributed by atoms with Crippen molar-refractivity contribution < 1.29 is 0 Å². The average molecular weight is 184 g/mol. The minimum atomic E-state index is 0.401. The van der Waals surface area contributed by atoms with Crippen LogP contribution < -0.4 is 11.5 Å². The van der Waals surface area contributed by atoms with Crippen molar-refractivity contribution in [2.75, 3.05) is 0 Å². The molecule has 0 saturated heterocycles. The van der Waals surface area contributed by atoms with Crippen molar-refractivity contribution in [2.45, 2.75) is 32.1 Å². The number of thiocarbonyl (C=S) groups is 1. The van der Waals surface area contributed by atoms with Crippen LogP contribution >= 0.6 is 12.2 Å². The van der Waals surface area contributed by atoms with E-state index in [9.17, 15) is 0 Å². The topological polar surface area (TPSA) is 52.0 Å². The molecule has 3 heteroatoms. The van der Waals surface area contributed by atoms with E-state index in [1.54, 1.807) is 6.08 Å². The number of allylic oxidation sites excluding steroid dienone is 1. The second-order valence-corrected chi connectivity index (χ2v) is 3.85. The van der Waals surface area contributed by atoms with E-state index in [1.165, 1.54) is 32.1 Å². The minimum absolute atomic E-state index is 0.401. The van der Waals surface area contributed by atoms with Gasteiger partial charge in [-0.15, -0.1) is 0 Å². The SMILES string of the molecule is NC(=S)/C=C(/N)C1CCCCC1. The molecule has 1 rings (SSSR count). The quantitative estimate of drug-likeness (QED) is 0.507. The van der Waals surface area contributed by atoms with Crippen molar-refractivity contribution >= 4 is 17.2 Å². The molecule has 12 heavy (non-hydrogen) atoms. The number of nitrogens with two attached hydrogens (primary N) is 2. The second-order valence-electron chi connectivity index (χ2n) is 3.38. The van der Waals surface area contributed by atoms with Gasteiger partial charge < -0.3 is 11.5 Å². The minimum Gasteiger partial charge on any atom is -0.402 e. The Morgan fingerprint density at radius 3 is 2.25 bits per heavy atom. The average Bonchev–Trinajstić information content (AvgIpc) is 2.05. The molecule has 1 saturated carbocycles. The first-order valence-electron chi connectivity index (χ1n) is 4.46. The Kier molecular flexibility index (Phi) is 3.53. The van der Waals surface area contributed by atoms with Gasteiger partial charge in [0.1, 0.15) is 0 Å². The molecule has 0 spiro atoms. The summed E-state index contributed by atoms with van der Waals surface area (Å²) in [5, 5.41) is 0. The first-order chi connectivity index (χ1) is 5.70. The van der Waals surface area contributed by atoms with Crippen LogP contribution in [0.5, 0.6) is 0 Å². The Bertz CT molecular complexity index is 193. The summed E-state index contributed by atoms with van der Waals surface area (Å²) in [6.07, 6.45) is 8.05. The third kappa shape index (κ3) is 2.81. The van der Waals surface area contributed by atoms with Crippen LogP contribution in [0, 0.1) is 5.92 Å². The molecule has 0 aromatic carbocycles. The molecule has 0 atom stereocenters. The van der Waals surface area contributed by atoms with Crippen molar-refractivity contribution in [3.05, 3.63) is 11.8 Å². The van der Waals surface area contributed by atoms with Gasteiger partial charge in [0, 0.05) is 5.70 Å². The van der Waals surface area contributed by atoms with Crippen LogP contribution in [-0.2, 0) is 0 Å². The molecule has 0 unspecified atom stereocenters. The maximum atomic E-state index is 5.84. The zero-order chi connectivity index (χ0) is 8.97. The maximum absolute atomic E-state index is 5.84. The van der Waals surface area contributed by atoms with E-state index >= 15 is 0 Å². The van der Waals surface area contributed by atoms with Crippen LogP contribution in [0.15, 0.2) is 11.8 Å². The van der Waals surface area contributed by atoms with Crippen LogP contribution in [0.3, 0.4) is 0 Å². The summed E-state index contributed by atoms with van der Waals surface area (Å²) in [6.45, 7) is 0. The Labute approximate surface area is 79.0 Å². The molecule has 1 aliphatic carbocycles. The van der Waals surface area contributed by atoms with Crippen LogP contribution in [0.25, 0.3) is 0 Å². The molecule has 0 aromatic heterocycles. The van der Waals surface area contributed by atoms with Crippen molar-refractivity contribution in [1.29, 1.82) is 0 Å². The highest BCUT2D eigenvalue weighted by Crippen LogP contribution is 2.27. The highest BCUT2D eigenvalue weighted by Gasteiger charge is 2.15. The van der Waals surface area contributed by atoms with E-state index in [4.69, 9.17) is 23.7 Å². The van der Waals surface area contributed by atoms with Gasteiger partial charge in [-0.25, -0.2) is 0 Å². The van der Waals surface area contributed by atoms with E-state index < -0.39 is 0 Å². The number of rotatable bonds is 2. The van der Waals surface area contributed by atoms with Crippen LogP contribution in [0.1, 0.15) is 32.1 Å². The highest BCUT2D eigenvalue weighted by molar-refractivity contribution is 7.80. The fraction of sp³-hybridized carbons (Fsp3) is 0.667. The summed E-state index contributed by atoms with van der Waals surface area (Å²) in [5.41, 5.74) is 12.1. The molecule has 1 aliphatic rings. The Morgan fingerprint density at radius 1 is 1.17 bits per heavy atom. The summed E-state index contributed by atoms with van der Waals surface area (Å²) in [7, 11) is 0. The van der Waals surface area contributed by atoms with Gasteiger partial charge in [-0.2, -0.15) is 0 Å². The third-order valence-corrected chi connectivity index (χ3v) is 2.50. The molecule has 0 bridgehead atoms. The molecular formula is C9H16N2S. The number of hydrogen-bond donors (Lipinski definition) is 2. The molecule has 2 nitrogen and oxygen atoms in total. The maximum Gasteiger partial charge on any atom is 0.0979 e. The van der Waals surface area contributed by atoms with Gasteiger partial charge in [-0.05, 0) is 24.8 Å². The highest BCUT2D eigenvalue weighted by atomic mass is 32.1. The van der Waals surface area contributed by atoms with Crippen molar-refractivity contribution in [2.24, 2.45) is 17.4 Å². The largest absolute Gasteiger partial charge is 0.402 e. The molecule has 68 valence electrons. The molecule has 4 N–H and O–H groups in total. The third-order valence-electron chi connectivity index (χ3n) is 2.39. The van der Waals surface area contributed by atoms with Crippen molar-refractivity contribution in [3.63, 3.8) is 0 Å². The molecular weight excluding hydrogens is 168 g/mol. The van der Waals surface area contributed by atoms with Crippen LogP contribution in [0.2, 0.25) is 0 Å². The predicted molar refractivity (Wildman–Crippen MR) is 55.6 cm³/mol. The normalized spacial score (nSPS) is 20.8. The van der Waals surface area contributed by atoms with Gasteiger partial charge in [0.15, 0.2) is 0 Å². The lowest BCUT2D eigenvalue weighted by atomic mass is 9.87. The summed E-state index contributed by atoms with van der Waals surface area (Å²) in [4.78, 5) is 0.401. The zero-order valence-electron chi connectivity index (χ0n) is 7.25. The standard InChI is InChI=1S/C9H16N2S/c10-8(6-9(11)12)7-4-2-1-3-5-7/h6-7H,1-5,10H2,(H2,11,12)/b8-6+. The number of hydrogen-bond acceptors (Lipinski definition) is 2. The lowest BCUT2D eigenvalue weighted by molar-refractivity contribution is 0.400. The zero-order valence-corrected chi connectivity index (χ0v) is 8.07. The second kappa shape index (κ2) is 4.45. The van der Waals surface area contributed by atoms with E-state index in [2.05, 4.69) is 0 Å².